The highest BCUT2D eigenvalue weighted by atomic mass is 16.2. The highest BCUT2D eigenvalue weighted by molar-refractivity contribution is 6.05. The molecule has 0 saturated heterocycles. The van der Waals surface area contributed by atoms with E-state index in [1.165, 1.54) is 11.2 Å². The van der Waals surface area contributed by atoms with Crippen LogP contribution in [0.1, 0.15) is 22.5 Å². The van der Waals surface area contributed by atoms with Crippen LogP contribution in [-0.4, -0.2) is 32.2 Å². The standard InChI is InChI=1S/C12H13N5O2/c1-8-3-4-9(10(18)15-8)11(19)16-5-2-6-17-12(16)13-7-14-17/h3-4,7H,2,5-6H2,1H3,(H,15,18). The summed E-state index contributed by atoms with van der Waals surface area (Å²) in [6, 6.07) is 3.26. The normalized spacial score (nSPS) is 14.3. The number of aryl methyl sites for hydroxylation is 2. The molecule has 1 N–H and O–H groups in total. The molecule has 0 spiro atoms. The van der Waals surface area contributed by atoms with E-state index < -0.39 is 0 Å². The van der Waals surface area contributed by atoms with Gasteiger partial charge >= 0.3 is 0 Å². The van der Waals surface area contributed by atoms with E-state index in [9.17, 15) is 9.59 Å². The Hall–Kier alpha value is -2.44. The quantitative estimate of drug-likeness (QED) is 0.799. The average Bonchev–Trinajstić information content (AvgIpc) is 2.86. The summed E-state index contributed by atoms with van der Waals surface area (Å²) in [6.07, 6.45) is 2.21. The summed E-state index contributed by atoms with van der Waals surface area (Å²) < 4.78 is 1.67. The minimum absolute atomic E-state index is 0.127. The molecule has 1 amide bonds. The Morgan fingerprint density at radius 3 is 3.00 bits per heavy atom. The largest absolute Gasteiger partial charge is 0.326 e. The van der Waals surface area contributed by atoms with Crippen LogP contribution in [0.15, 0.2) is 23.3 Å². The van der Waals surface area contributed by atoms with Crippen LogP contribution in [-0.2, 0) is 6.54 Å². The lowest BCUT2D eigenvalue weighted by atomic mass is 10.2. The molecule has 7 heteroatoms. The lowest BCUT2D eigenvalue weighted by Crippen LogP contribution is -2.40. The molecule has 0 saturated carbocycles. The minimum Gasteiger partial charge on any atom is -0.326 e. The Bertz CT molecular complexity index is 687. The lowest BCUT2D eigenvalue weighted by molar-refractivity contribution is 0.0979. The first-order valence-electron chi connectivity index (χ1n) is 6.06. The number of rotatable bonds is 1. The topological polar surface area (TPSA) is 83.9 Å². The fraction of sp³-hybridized carbons (Fsp3) is 0.333. The van der Waals surface area contributed by atoms with Gasteiger partial charge in [0.05, 0.1) is 0 Å². The van der Waals surface area contributed by atoms with E-state index in [2.05, 4.69) is 15.1 Å². The number of hydrogen-bond donors (Lipinski definition) is 1. The first-order valence-corrected chi connectivity index (χ1v) is 6.06. The third-order valence-corrected chi connectivity index (χ3v) is 3.12. The number of anilines is 1. The summed E-state index contributed by atoms with van der Waals surface area (Å²) in [7, 11) is 0. The molecule has 0 aliphatic carbocycles. The van der Waals surface area contributed by atoms with Crippen molar-refractivity contribution in [2.24, 2.45) is 0 Å². The van der Waals surface area contributed by atoms with Crippen molar-refractivity contribution in [3.63, 3.8) is 0 Å². The van der Waals surface area contributed by atoms with Crippen molar-refractivity contribution in [3.05, 3.63) is 40.1 Å². The summed E-state index contributed by atoms with van der Waals surface area (Å²) in [4.78, 5) is 32.4. The van der Waals surface area contributed by atoms with Crippen molar-refractivity contribution in [1.82, 2.24) is 19.7 Å². The third-order valence-electron chi connectivity index (χ3n) is 3.12. The predicted molar refractivity (Wildman–Crippen MR) is 68.1 cm³/mol. The number of carbonyl (C=O) groups excluding carboxylic acids is 1. The average molecular weight is 259 g/mol. The van der Waals surface area contributed by atoms with Gasteiger partial charge in [0, 0.05) is 18.8 Å². The van der Waals surface area contributed by atoms with Gasteiger partial charge < -0.3 is 4.98 Å². The van der Waals surface area contributed by atoms with Crippen LogP contribution in [0.2, 0.25) is 0 Å². The van der Waals surface area contributed by atoms with Crippen LogP contribution in [0.5, 0.6) is 0 Å². The smallest absolute Gasteiger partial charge is 0.266 e. The second-order valence-corrected chi connectivity index (χ2v) is 4.48. The molecule has 0 aromatic carbocycles. The van der Waals surface area contributed by atoms with Gasteiger partial charge in [0.1, 0.15) is 11.9 Å². The van der Waals surface area contributed by atoms with Crippen LogP contribution in [0.25, 0.3) is 0 Å². The minimum atomic E-state index is -0.373. The highest BCUT2D eigenvalue weighted by Crippen LogP contribution is 2.18. The number of fused-ring (bicyclic) bond motifs is 1. The lowest BCUT2D eigenvalue weighted by Gasteiger charge is -2.25. The number of nitrogens with zero attached hydrogens (tertiary/aromatic N) is 4. The Morgan fingerprint density at radius 1 is 1.37 bits per heavy atom. The predicted octanol–water partition coefficient (Wildman–Crippen LogP) is 0.325. The first-order chi connectivity index (χ1) is 9.16. The molecular formula is C12H13N5O2. The van der Waals surface area contributed by atoms with Crippen molar-refractivity contribution in [1.29, 1.82) is 0 Å². The van der Waals surface area contributed by atoms with Crippen LogP contribution >= 0.6 is 0 Å². The number of carbonyl (C=O) groups is 1. The van der Waals surface area contributed by atoms with Crippen LogP contribution in [0.3, 0.4) is 0 Å². The molecule has 3 heterocycles. The van der Waals surface area contributed by atoms with Gasteiger partial charge in [-0.3, -0.25) is 14.5 Å². The fourth-order valence-electron chi connectivity index (χ4n) is 2.18. The monoisotopic (exact) mass is 259 g/mol. The molecule has 0 radical (unpaired) electrons. The summed E-state index contributed by atoms with van der Waals surface area (Å²) in [5, 5.41) is 4.05. The van der Waals surface area contributed by atoms with E-state index in [1.807, 2.05) is 0 Å². The van der Waals surface area contributed by atoms with Crippen LogP contribution < -0.4 is 10.5 Å². The Balaban J connectivity index is 2.00. The van der Waals surface area contributed by atoms with Gasteiger partial charge in [-0.05, 0) is 25.5 Å². The summed E-state index contributed by atoms with van der Waals surface area (Å²) >= 11 is 0. The molecular weight excluding hydrogens is 246 g/mol. The molecule has 2 aromatic heterocycles. The van der Waals surface area contributed by atoms with Gasteiger partial charge in [0.15, 0.2) is 0 Å². The number of hydrogen-bond acceptors (Lipinski definition) is 4. The van der Waals surface area contributed by atoms with E-state index in [0.717, 1.165) is 18.7 Å². The third kappa shape index (κ3) is 1.92. The number of H-pyrrole nitrogens is 1. The number of amides is 1. The summed E-state index contributed by atoms with van der Waals surface area (Å²) in [5.41, 5.74) is 0.479. The zero-order valence-corrected chi connectivity index (χ0v) is 10.5. The van der Waals surface area contributed by atoms with Crippen LogP contribution in [0, 0.1) is 6.92 Å². The molecule has 7 nitrogen and oxygen atoms in total. The van der Waals surface area contributed by atoms with Crippen LogP contribution in [0.4, 0.5) is 5.95 Å². The second-order valence-electron chi connectivity index (χ2n) is 4.48. The molecule has 1 aliphatic heterocycles. The zero-order chi connectivity index (χ0) is 13.4. The molecule has 3 rings (SSSR count). The van der Waals surface area contributed by atoms with Gasteiger partial charge in [-0.2, -0.15) is 10.1 Å². The number of nitrogens with one attached hydrogen (secondary N) is 1. The molecule has 2 aromatic rings. The Kier molecular flexibility index (Phi) is 2.66. The van der Waals surface area contributed by atoms with Gasteiger partial charge in [-0.25, -0.2) is 4.68 Å². The maximum Gasteiger partial charge on any atom is 0.266 e. The Morgan fingerprint density at radius 2 is 2.21 bits per heavy atom. The Labute approximate surface area is 108 Å². The van der Waals surface area contributed by atoms with Gasteiger partial charge in [0.2, 0.25) is 5.95 Å². The molecule has 0 bridgehead atoms. The highest BCUT2D eigenvalue weighted by Gasteiger charge is 2.26. The van der Waals surface area contributed by atoms with E-state index >= 15 is 0 Å². The fourth-order valence-corrected chi connectivity index (χ4v) is 2.18. The molecule has 0 fully saturated rings. The second kappa shape index (κ2) is 4.34. The van der Waals surface area contributed by atoms with Gasteiger partial charge in [-0.15, -0.1) is 0 Å². The molecule has 1 aliphatic rings. The van der Waals surface area contributed by atoms with Gasteiger partial charge in [-0.1, -0.05) is 0 Å². The molecule has 19 heavy (non-hydrogen) atoms. The van der Waals surface area contributed by atoms with Crippen molar-refractivity contribution in [2.45, 2.75) is 19.9 Å². The molecule has 0 atom stereocenters. The maximum atomic E-state index is 12.4. The number of pyridine rings is 1. The summed E-state index contributed by atoms with van der Waals surface area (Å²) in [6.45, 7) is 3.06. The maximum absolute atomic E-state index is 12.4. The van der Waals surface area contributed by atoms with Gasteiger partial charge in [0.25, 0.3) is 11.5 Å². The van der Waals surface area contributed by atoms with E-state index in [-0.39, 0.29) is 17.0 Å². The van der Waals surface area contributed by atoms with E-state index in [0.29, 0.717) is 12.5 Å². The summed E-state index contributed by atoms with van der Waals surface area (Å²) in [5.74, 6) is 0.159. The first kappa shape index (κ1) is 11.6. The van der Waals surface area contributed by atoms with E-state index in [1.54, 1.807) is 23.7 Å². The molecule has 0 unspecified atom stereocenters. The van der Waals surface area contributed by atoms with Crippen molar-refractivity contribution >= 4 is 11.9 Å². The van der Waals surface area contributed by atoms with Crippen molar-refractivity contribution in [2.75, 3.05) is 11.4 Å². The zero-order valence-electron chi connectivity index (χ0n) is 10.5. The SMILES string of the molecule is Cc1ccc(C(=O)N2CCCn3ncnc32)c(=O)[nH]1. The molecule has 98 valence electrons. The number of aromatic nitrogens is 4. The van der Waals surface area contributed by atoms with Crippen molar-refractivity contribution in [3.8, 4) is 0 Å². The van der Waals surface area contributed by atoms with E-state index in [4.69, 9.17) is 0 Å². The van der Waals surface area contributed by atoms with Crippen molar-refractivity contribution < 1.29 is 4.79 Å². The number of aromatic amines is 1.